The van der Waals surface area contributed by atoms with Crippen molar-refractivity contribution in [3.63, 3.8) is 0 Å². The monoisotopic (exact) mass is 256 g/mol. The van der Waals surface area contributed by atoms with E-state index in [1.807, 2.05) is 0 Å². The molecule has 0 radical (unpaired) electrons. The van der Waals surface area contributed by atoms with Crippen LogP contribution in [0.1, 0.15) is 46.0 Å². The predicted octanol–water partition coefficient (Wildman–Crippen LogP) is 2.73. The van der Waals surface area contributed by atoms with Crippen molar-refractivity contribution in [2.45, 2.75) is 69.3 Å². The molecule has 0 aromatic rings. The van der Waals surface area contributed by atoms with Crippen molar-refractivity contribution in [2.75, 3.05) is 19.3 Å². The molecule has 2 rings (SSSR count). The third-order valence-corrected chi connectivity index (χ3v) is 5.59. The standard InChI is InChI=1S/C14H28N2S/c1-4-5-12-10-16(11(2)9-15-12)13-6-7-14(8-13)17-3/h11-15H,4-10H2,1-3H3. The number of piperazine rings is 1. The number of hydrogen-bond acceptors (Lipinski definition) is 3. The molecule has 1 heterocycles. The predicted molar refractivity (Wildman–Crippen MR) is 77.8 cm³/mol. The van der Waals surface area contributed by atoms with E-state index in [4.69, 9.17) is 0 Å². The molecule has 4 atom stereocenters. The Kier molecular flexibility index (Phi) is 5.19. The van der Waals surface area contributed by atoms with Crippen LogP contribution in [0.2, 0.25) is 0 Å². The van der Waals surface area contributed by atoms with Gasteiger partial charge in [0.1, 0.15) is 0 Å². The Bertz CT molecular complexity index is 234. The Morgan fingerprint density at radius 3 is 2.82 bits per heavy atom. The van der Waals surface area contributed by atoms with Gasteiger partial charge >= 0.3 is 0 Å². The number of nitrogens with zero attached hydrogens (tertiary/aromatic N) is 1. The molecule has 1 aliphatic heterocycles. The van der Waals surface area contributed by atoms with Gasteiger partial charge in [-0.15, -0.1) is 0 Å². The van der Waals surface area contributed by atoms with Gasteiger partial charge < -0.3 is 5.32 Å². The second-order valence-corrected chi connectivity index (χ2v) is 6.90. The molecule has 1 saturated heterocycles. The van der Waals surface area contributed by atoms with Gasteiger partial charge in [-0.2, -0.15) is 11.8 Å². The van der Waals surface area contributed by atoms with Crippen molar-refractivity contribution in [3.05, 3.63) is 0 Å². The molecule has 3 heteroatoms. The van der Waals surface area contributed by atoms with E-state index in [1.54, 1.807) is 0 Å². The van der Waals surface area contributed by atoms with Crippen molar-refractivity contribution in [1.29, 1.82) is 0 Å². The van der Waals surface area contributed by atoms with Crippen LogP contribution >= 0.6 is 11.8 Å². The van der Waals surface area contributed by atoms with Gasteiger partial charge in [0.2, 0.25) is 0 Å². The summed E-state index contributed by atoms with van der Waals surface area (Å²) in [6.07, 6.45) is 9.19. The molecular weight excluding hydrogens is 228 g/mol. The molecule has 0 aromatic heterocycles. The maximum absolute atomic E-state index is 3.70. The van der Waals surface area contributed by atoms with Crippen LogP contribution in [-0.2, 0) is 0 Å². The van der Waals surface area contributed by atoms with Crippen molar-refractivity contribution in [2.24, 2.45) is 0 Å². The minimum Gasteiger partial charge on any atom is -0.311 e. The molecule has 0 bridgehead atoms. The largest absolute Gasteiger partial charge is 0.311 e. The quantitative estimate of drug-likeness (QED) is 0.832. The fraction of sp³-hybridized carbons (Fsp3) is 1.00. The van der Waals surface area contributed by atoms with Crippen molar-refractivity contribution in [1.82, 2.24) is 10.2 Å². The fourth-order valence-electron chi connectivity index (χ4n) is 3.44. The van der Waals surface area contributed by atoms with E-state index in [0.717, 1.165) is 23.4 Å². The maximum Gasteiger partial charge on any atom is 0.0196 e. The maximum atomic E-state index is 3.70. The van der Waals surface area contributed by atoms with Gasteiger partial charge in [-0.05, 0) is 38.9 Å². The first-order chi connectivity index (χ1) is 8.24. The van der Waals surface area contributed by atoms with Gasteiger partial charge in [-0.3, -0.25) is 4.90 Å². The van der Waals surface area contributed by atoms with Crippen LogP contribution < -0.4 is 5.32 Å². The van der Waals surface area contributed by atoms with E-state index in [9.17, 15) is 0 Å². The number of rotatable bonds is 4. The number of thioether (sulfide) groups is 1. The molecule has 0 aromatic carbocycles. The summed E-state index contributed by atoms with van der Waals surface area (Å²) in [6, 6.07) is 2.34. The SMILES string of the molecule is CCCC1CN(C2CCC(SC)C2)C(C)CN1. The summed E-state index contributed by atoms with van der Waals surface area (Å²) in [4.78, 5) is 2.80. The third-order valence-electron chi connectivity index (χ3n) is 4.50. The summed E-state index contributed by atoms with van der Waals surface area (Å²) >= 11 is 2.07. The van der Waals surface area contributed by atoms with Gasteiger partial charge in [0.15, 0.2) is 0 Å². The Morgan fingerprint density at radius 1 is 1.35 bits per heavy atom. The first-order valence-electron chi connectivity index (χ1n) is 7.26. The van der Waals surface area contributed by atoms with Crippen molar-refractivity contribution in [3.8, 4) is 0 Å². The molecule has 17 heavy (non-hydrogen) atoms. The van der Waals surface area contributed by atoms with Crippen LogP contribution in [0.15, 0.2) is 0 Å². The van der Waals surface area contributed by atoms with Crippen LogP contribution in [0, 0.1) is 0 Å². The summed E-state index contributed by atoms with van der Waals surface area (Å²) in [5.74, 6) is 0. The lowest BCUT2D eigenvalue weighted by atomic mass is 10.0. The van der Waals surface area contributed by atoms with Crippen LogP contribution in [0.4, 0.5) is 0 Å². The Hall–Kier alpha value is 0.270. The minimum atomic E-state index is 0.730. The summed E-state index contributed by atoms with van der Waals surface area (Å²) in [5, 5.41) is 4.62. The molecule has 0 spiro atoms. The molecule has 1 N–H and O–H groups in total. The summed E-state index contributed by atoms with van der Waals surface area (Å²) < 4.78 is 0. The van der Waals surface area contributed by atoms with E-state index >= 15 is 0 Å². The molecule has 0 amide bonds. The van der Waals surface area contributed by atoms with Gasteiger partial charge in [0.05, 0.1) is 0 Å². The zero-order valence-electron chi connectivity index (χ0n) is 11.6. The summed E-state index contributed by atoms with van der Waals surface area (Å²) in [6.45, 7) is 7.15. The Morgan fingerprint density at radius 2 is 2.18 bits per heavy atom. The highest BCUT2D eigenvalue weighted by molar-refractivity contribution is 7.99. The first-order valence-corrected chi connectivity index (χ1v) is 8.55. The Balaban J connectivity index is 1.89. The summed E-state index contributed by atoms with van der Waals surface area (Å²) in [7, 11) is 0. The van der Waals surface area contributed by atoms with Gasteiger partial charge in [0.25, 0.3) is 0 Å². The molecule has 1 saturated carbocycles. The van der Waals surface area contributed by atoms with E-state index in [2.05, 4.69) is 42.1 Å². The van der Waals surface area contributed by atoms with Crippen molar-refractivity contribution < 1.29 is 0 Å². The highest BCUT2D eigenvalue weighted by Gasteiger charge is 2.34. The average Bonchev–Trinajstić information content (AvgIpc) is 2.80. The van der Waals surface area contributed by atoms with E-state index in [-0.39, 0.29) is 0 Å². The van der Waals surface area contributed by atoms with Crippen LogP contribution in [-0.4, -0.2) is 47.6 Å². The highest BCUT2D eigenvalue weighted by atomic mass is 32.2. The smallest absolute Gasteiger partial charge is 0.0196 e. The average molecular weight is 256 g/mol. The second-order valence-electron chi connectivity index (χ2n) is 5.76. The molecule has 2 fully saturated rings. The lowest BCUT2D eigenvalue weighted by Crippen LogP contribution is -2.58. The fourth-order valence-corrected chi connectivity index (χ4v) is 4.22. The number of nitrogens with one attached hydrogen (secondary N) is 1. The lowest BCUT2D eigenvalue weighted by molar-refractivity contribution is 0.0907. The second kappa shape index (κ2) is 6.44. The third kappa shape index (κ3) is 3.39. The first kappa shape index (κ1) is 13.7. The Labute approximate surface area is 111 Å². The molecule has 100 valence electrons. The summed E-state index contributed by atoms with van der Waals surface area (Å²) in [5.41, 5.74) is 0. The topological polar surface area (TPSA) is 15.3 Å². The van der Waals surface area contributed by atoms with E-state index in [0.29, 0.717) is 0 Å². The van der Waals surface area contributed by atoms with E-state index in [1.165, 1.54) is 45.2 Å². The minimum absolute atomic E-state index is 0.730. The lowest BCUT2D eigenvalue weighted by Gasteiger charge is -2.42. The van der Waals surface area contributed by atoms with Crippen LogP contribution in [0.3, 0.4) is 0 Å². The van der Waals surface area contributed by atoms with Crippen molar-refractivity contribution >= 4 is 11.8 Å². The molecule has 2 nitrogen and oxygen atoms in total. The normalized spacial score (nSPS) is 39.7. The zero-order valence-corrected chi connectivity index (χ0v) is 12.4. The van der Waals surface area contributed by atoms with Gasteiger partial charge in [-0.1, -0.05) is 13.3 Å². The number of hydrogen-bond donors (Lipinski definition) is 1. The molecular formula is C14H28N2S. The van der Waals surface area contributed by atoms with Crippen LogP contribution in [0.25, 0.3) is 0 Å². The highest BCUT2D eigenvalue weighted by Crippen LogP contribution is 2.33. The van der Waals surface area contributed by atoms with Crippen LogP contribution in [0.5, 0.6) is 0 Å². The van der Waals surface area contributed by atoms with Gasteiger partial charge in [0, 0.05) is 36.5 Å². The zero-order chi connectivity index (χ0) is 12.3. The van der Waals surface area contributed by atoms with E-state index < -0.39 is 0 Å². The molecule has 1 aliphatic carbocycles. The van der Waals surface area contributed by atoms with Gasteiger partial charge in [-0.25, -0.2) is 0 Å². The molecule has 2 aliphatic rings. The molecule has 4 unspecified atom stereocenters.